The lowest BCUT2D eigenvalue weighted by molar-refractivity contribution is 0.102. The average Bonchev–Trinajstić information content (AvgIpc) is 3.01. The van der Waals surface area contributed by atoms with Gasteiger partial charge in [-0.05, 0) is 69.5 Å². The summed E-state index contributed by atoms with van der Waals surface area (Å²) in [5, 5.41) is 3.60. The number of aryl methyl sites for hydroxylation is 1. The largest absolute Gasteiger partial charge is 0.458 e. The first-order chi connectivity index (χ1) is 18.9. The summed E-state index contributed by atoms with van der Waals surface area (Å²) in [7, 11) is 0. The van der Waals surface area contributed by atoms with Crippen LogP contribution < -0.4 is 10.1 Å². The summed E-state index contributed by atoms with van der Waals surface area (Å²) >= 11 is 6.95. The first-order valence-corrected chi connectivity index (χ1v) is 13.8. The zero-order valence-electron chi connectivity index (χ0n) is 22.5. The van der Waals surface area contributed by atoms with Crippen molar-refractivity contribution in [3.05, 3.63) is 95.0 Å². The smallest absolute Gasteiger partial charge is 0.258 e. The quantitative estimate of drug-likeness (QED) is 0.324. The van der Waals surface area contributed by atoms with E-state index in [1.54, 1.807) is 18.3 Å². The van der Waals surface area contributed by atoms with Crippen molar-refractivity contribution in [2.45, 2.75) is 45.6 Å². The number of imidazole rings is 1. The lowest BCUT2D eigenvalue weighted by Crippen LogP contribution is -2.30. The number of fused-ring (bicyclic) bond motifs is 1. The van der Waals surface area contributed by atoms with Crippen LogP contribution in [0.4, 0.5) is 5.95 Å². The lowest BCUT2D eigenvalue weighted by atomic mass is 10.1. The van der Waals surface area contributed by atoms with Gasteiger partial charge in [-0.3, -0.25) is 20.0 Å². The normalized spacial score (nSPS) is 18.2. The Kier molecular flexibility index (Phi) is 8.29. The zero-order chi connectivity index (χ0) is 27.4. The summed E-state index contributed by atoms with van der Waals surface area (Å²) in [6.07, 6.45) is 15.7. The third-order valence-electron chi connectivity index (χ3n) is 7.02. The van der Waals surface area contributed by atoms with Gasteiger partial charge < -0.3 is 9.30 Å². The van der Waals surface area contributed by atoms with E-state index in [0.29, 0.717) is 27.8 Å². The molecule has 0 spiro atoms. The average molecular weight is 544 g/mol. The van der Waals surface area contributed by atoms with Crippen molar-refractivity contribution in [2.75, 3.05) is 25.0 Å². The Labute approximate surface area is 234 Å². The zero-order valence-corrected chi connectivity index (χ0v) is 23.2. The molecule has 0 radical (unpaired) electrons. The third-order valence-corrected chi connectivity index (χ3v) is 7.31. The van der Waals surface area contributed by atoms with E-state index in [9.17, 15) is 4.79 Å². The van der Waals surface area contributed by atoms with E-state index in [-0.39, 0.29) is 11.9 Å². The summed E-state index contributed by atoms with van der Waals surface area (Å²) in [5.41, 5.74) is 3.88. The Morgan fingerprint density at radius 3 is 2.97 bits per heavy atom. The maximum Gasteiger partial charge on any atom is 0.258 e. The number of carbonyl (C=O) groups is 1. The molecule has 1 N–H and O–H groups in total. The van der Waals surface area contributed by atoms with Crippen molar-refractivity contribution in [3.8, 4) is 5.75 Å². The van der Waals surface area contributed by atoms with Gasteiger partial charge in [-0.15, -0.1) is 6.58 Å². The fourth-order valence-corrected chi connectivity index (χ4v) is 5.55. The summed E-state index contributed by atoms with van der Waals surface area (Å²) in [6, 6.07) is 7.28. The van der Waals surface area contributed by atoms with Crippen LogP contribution in [-0.4, -0.2) is 45.0 Å². The highest BCUT2D eigenvalue weighted by Gasteiger charge is 2.26. The molecule has 7 nitrogen and oxygen atoms in total. The Balaban J connectivity index is 1.56. The van der Waals surface area contributed by atoms with E-state index in [1.165, 1.54) is 0 Å². The van der Waals surface area contributed by atoms with Gasteiger partial charge in [-0.25, -0.2) is 4.98 Å². The predicted octanol–water partition coefficient (Wildman–Crippen LogP) is 7.03. The molecule has 0 unspecified atom stereocenters. The fourth-order valence-electron chi connectivity index (χ4n) is 5.25. The van der Waals surface area contributed by atoms with E-state index in [4.69, 9.17) is 21.3 Å². The first kappa shape index (κ1) is 26.9. The van der Waals surface area contributed by atoms with Crippen LogP contribution in [0.15, 0.2) is 78.8 Å². The maximum absolute atomic E-state index is 13.3. The standard InChI is InChI=1S/C31H34ClN5O2/c1-4-14-36-15-8-7-10-24(20-36)37-29-27(32)18-26(39-25-11-6-5-9-21(2)16-25)19-28(29)34-31(37)35-30(38)23-12-13-33-22(3)17-23/h4-5,9,11-13,16-19,24H,1,6-8,10,14-15,20H2,2-3H3,(H,34,35,38)/t24-/m1/s1. The van der Waals surface area contributed by atoms with E-state index >= 15 is 0 Å². The minimum Gasteiger partial charge on any atom is -0.458 e. The van der Waals surface area contributed by atoms with Crippen LogP contribution in [0.5, 0.6) is 5.75 Å². The van der Waals surface area contributed by atoms with Gasteiger partial charge in [0, 0.05) is 48.7 Å². The van der Waals surface area contributed by atoms with E-state index in [2.05, 4.69) is 38.5 Å². The molecule has 1 saturated heterocycles. The number of amides is 1. The number of allylic oxidation sites excluding steroid dienone is 5. The number of ether oxygens (including phenoxy) is 1. The fraction of sp³-hybridized carbons (Fsp3) is 0.323. The summed E-state index contributed by atoms with van der Waals surface area (Å²) < 4.78 is 8.32. The second kappa shape index (κ2) is 12.0. The minimum absolute atomic E-state index is 0.0809. The van der Waals surface area contributed by atoms with Gasteiger partial charge in [0.2, 0.25) is 5.95 Å². The van der Waals surface area contributed by atoms with Gasteiger partial charge in [-0.2, -0.15) is 0 Å². The molecule has 8 heteroatoms. The summed E-state index contributed by atoms with van der Waals surface area (Å²) in [6.45, 7) is 10.5. The van der Waals surface area contributed by atoms with Crippen molar-refractivity contribution in [1.82, 2.24) is 19.4 Å². The highest BCUT2D eigenvalue weighted by Crippen LogP contribution is 2.37. The number of rotatable bonds is 7. The molecule has 3 aromatic rings. The second-order valence-electron chi connectivity index (χ2n) is 10.2. The number of hydrogen-bond acceptors (Lipinski definition) is 5. The molecule has 0 bridgehead atoms. The molecule has 202 valence electrons. The molecule has 0 saturated carbocycles. The molecule has 2 aromatic heterocycles. The Morgan fingerprint density at radius 1 is 1.28 bits per heavy atom. The number of benzene rings is 1. The number of aromatic nitrogens is 3. The van der Waals surface area contributed by atoms with Crippen LogP contribution in [0.1, 0.15) is 54.7 Å². The van der Waals surface area contributed by atoms with Gasteiger partial charge in [0.1, 0.15) is 11.5 Å². The molecule has 5 rings (SSSR count). The molecule has 1 fully saturated rings. The predicted molar refractivity (Wildman–Crippen MR) is 157 cm³/mol. The van der Waals surface area contributed by atoms with Crippen LogP contribution in [-0.2, 0) is 0 Å². The molecule has 1 aromatic carbocycles. The molecule has 1 amide bonds. The Morgan fingerprint density at radius 2 is 2.15 bits per heavy atom. The van der Waals surface area contributed by atoms with Crippen LogP contribution in [0, 0.1) is 6.92 Å². The van der Waals surface area contributed by atoms with Crippen molar-refractivity contribution in [3.63, 3.8) is 0 Å². The molecule has 1 aliphatic carbocycles. The molecule has 1 atom stereocenters. The second-order valence-corrected chi connectivity index (χ2v) is 10.6. The van der Waals surface area contributed by atoms with Crippen molar-refractivity contribution >= 4 is 34.5 Å². The number of hydrogen-bond donors (Lipinski definition) is 1. The highest BCUT2D eigenvalue weighted by atomic mass is 35.5. The first-order valence-electron chi connectivity index (χ1n) is 13.4. The van der Waals surface area contributed by atoms with E-state index < -0.39 is 0 Å². The Hall–Kier alpha value is -3.68. The topological polar surface area (TPSA) is 72.3 Å². The van der Waals surface area contributed by atoms with E-state index in [0.717, 1.165) is 67.9 Å². The molecule has 2 aliphatic rings. The lowest BCUT2D eigenvalue weighted by Gasteiger charge is -2.26. The van der Waals surface area contributed by atoms with Crippen molar-refractivity contribution in [1.29, 1.82) is 0 Å². The van der Waals surface area contributed by atoms with Gasteiger partial charge in [0.25, 0.3) is 5.91 Å². The maximum atomic E-state index is 13.3. The molecular weight excluding hydrogens is 510 g/mol. The number of nitrogens with zero attached hydrogens (tertiary/aromatic N) is 4. The number of likely N-dealkylation sites (tertiary alicyclic amines) is 1. The van der Waals surface area contributed by atoms with Gasteiger partial charge in [0.15, 0.2) is 0 Å². The third kappa shape index (κ3) is 6.32. The SMILES string of the molecule is C=CCN1CCCC[C@@H](n2c(NC(=O)c3ccnc(C)c3)nc3cc(OC4=CCC=CC(C)=C4)cc(Cl)c32)C1. The minimum atomic E-state index is -0.238. The molecule has 3 heterocycles. The summed E-state index contributed by atoms with van der Waals surface area (Å²) in [5.74, 6) is 1.60. The molecule has 1 aliphatic heterocycles. The van der Waals surface area contributed by atoms with Gasteiger partial charge >= 0.3 is 0 Å². The number of carbonyl (C=O) groups excluding carboxylic acids is 1. The Bertz CT molecular complexity index is 1490. The molecule has 39 heavy (non-hydrogen) atoms. The van der Waals surface area contributed by atoms with Crippen molar-refractivity contribution < 1.29 is 9.53 Å². The van der Waals surface area contributed by atoms with Crippen molar-refractivity contribution in [2.24, 2.45) is 0 Å². The van der Waals surface area contributed by atoms with Crippen LogP contribution >= 0.6 is 11.6 Å². The highest BCUT2D eigenvalue weighted by molar-refractivity contribution is 6.35. The summed E-state index contributed by atoms with van der Waals surface area (Å²) in [4.78, 5) is 24.8. The van der Waals surface area contributed by atoms with Gasteiger partial charge in [-0.1, -0.05) is 36.2 Å². The number of anilines is 1. The molecular formula is C31H34ClN5O2. The monoisotopic (exact) mass is 543 g/mol. The van der Waals surface area contributed by atoms with Crippen LogP contribution in [0.3, 0.4) is 0 Å². The number of halogens is 1. The van der Waals surface area contributed by atoms with E-state index in [1.807, 2.05) is 44.2 Å². The van der Waals surface area contributed by atoms with Gasteiger partial charge in [0.05, 0.1) is 16.1 Å². The number of nitrogens with one attached hydrogen (secondary N) is 1. The van der Waals surface area contributed by atoms with Crippen LogP contribution in [0.2, 0.25) is 5.02 Å². The van der Waals surface area contributed by atoms with Crippen LogP contribution in [0.25, 0.3) is 11.0 Å². The number of pyridine rings is 1.